The van der Waals surface area contributed by atoms with Gasteiger partial charge in [0.05, 0.1) is 58.0 Å². The van der Waals surface area contributed by atoms with E-state index in [2.05, 4.69) is 4.72 Å². The average Bonchev–Trinajstić information content (AvgIpc) is 2.46. The lowest BCUT2D eigenvalue weighted by Crippen LogP contribution is -2.49. The number of hydrogen-bond acceptors (Lipinski definition) is 4. The van der Waals surface area contributed by atoms with Gasteiger partial charge in [-0.25, -0.2) is 8.93 Å². The quantitative estimate of drug-likeness (QED) is 0.465. The van der Waals surface area contributed by atoms with E-state index in [0.717, 1.165) is 5.56 Å². The number of hydrogen-bond donors (Lipinski definition) is 1. The molecule has 25 heavy (non-hydrogen) atoms. The topological polar surface area (TPSA) is 64.6 Å². The Morgan fingerprint density at radius 2 is 1.64 bits per heavy atom. The van der Waals surface area contributed by atoms with Gasteiger partial charge in [-0.2, -0.15) is 0 Å². The highest BCUT2D eigenvalue weighted by Crippen LogP contribution is 2.48. The lowest BCUT2D eigenvalue weighted by molar-refractivity contribution is -0.871. The summed E-state index contributed by atoms with van der Waals surface area (Å²) in [5, 5.41) is 0. The molecular weight excluding hydrogens is 359 g/mol. The summed E-state index contributed by atoms with van der Waals surface area (Å²) in [5.74, 6) is 0. The van der Waals surface area contributed by atoms with Crippen molar-refractivity contribution in [3.8, 4) is 0 Å². The van der Waals surface area contributed by atoms with E-state index in [1.54, 1.807) is 13.8 Å². The second-order valence-electron chi connectivity index (χ2n) is 7.00. The maximum Gasteiger partial charge on any atom is 0.332 e. The van der Waals surface area contributed by atoms with E-state index in [1.165, 1.54) is 0 Å². The molecule has 1 rings (SSSR count). The van der Waals surface area contributed by atoms with Crippen LogP contribution in [0.15, 0.2) is 29.2 Å². The molecule has 0 fully saturated rings. The summed E-state index contributed by atoms with van der Waals surface area (Å²) in [5.41, 5.74) is 1.11. The van der Waals surface area contributed by atoms with Crippen LogP contribution in [0.2, 0.25) is 0 Å². The first-order valence-electron chi connectivity index (χ1n) is 8.51. The molecule has 0 aliphatic carbocycles. The standard InChI is InChI=1S/C17H32N2O4PS/c1-7-22-24(20,23-8-2)14-16(13-19(4,5)6)18-25(21)17-11-9-15(3)10-12-17/h9-12,16,18H,7-8,13-14H2,1-6H3/q+1/t16-,25?/m1/s1. The van der Waals surface area contributed by atoms with Gasteiger partial charge >= 0.3 is 7.60 Å². The highest BCUT2D eigenvalue weighted by atomic mass is 32.2. The molecule has 1 aromatic carbocycles. The highest BCUT2D eigenvalue weighted by Gasteiger charge is 2.32. The first-order chi connectivity index (χ1) is 11.6. The minimum atomic E-state index is -3.22. The fraction of sp³-hybridized carbons (Fsp3) is 0.647. The lowest BCUT2D eigenvalue weighted by atomic mass is 10.2. The largest absolute Gasteiger partial charge is 0.332 e. The zero-order valence-electron chi connectivity index (χ0n) is 16.2. The van der Waals surface area contributed by atoms with Crippen LogP contribution in [0.25, 0.3) is 0 Å². The number of likely N-dealkylation sites (N-methyl/N-ethyl adjacent to an activating group) is 1. The molecule has 1 N–H and O–H groups in total. The second kappa shape index (κ2) is 9.95. The van der Waals surface area contributed by atoms with Gasteiger partial charge in [-0.05, 0) is 32.9 Å². The number of rotatable bonds is 11. The minimum Gasteiger partial charge on any atom is -0.330 e. The summed E-state index contributed by atoms with van der Waals surface area (Å²) >= 11 is 0. The van der Waals surface area contributed by atoms with Crippen molar-refractivity contribution in [3.63, 3.8) is 0 Å². The molecule has 0 aliphatic heterocycles. The molecule has 0 heterocycles. The van der Waals surface area contributed by atoms with Gasteiger partial charge in [0.2, 0.25) is 0 Å². The molecule has 144 valence electrons. The highest BCUT2D eigenvalue weighted by molar-refractivity contribution is 7.83. The zero-order valence-corrected chi connectivity index (χ0v) is 17.9. The summed E-state index contributed by atoms with van der Waals surface area (Å²) in [4.78, 5) is 0.694. The van der Waals surface area contributed by atoms with Crippen LogP contribution in [0.5, 0.6) is 0 Å². The van der Waals surface area contributed by atoms with Crippen molar-refractivity contribution < 1.29 is 22.3 Å². The molecule has 0 bridgehead atoms. The maximum atomic E-state index is 12.9. The Kier molecular flexibility index (Phi) is 8.95. The van der Waals surface area contributed by atoms with Crippen molar-refractivity contribution in [2.24, 2.45) is 0 Å². The maximum absolute atomic E-state index is 12.9. The van der Waals surface area contributed by atoms with Gasteiger partial charge in [-0.1, -0.05) is 17.7 Å². The molecule has 1 aromatic rings. The monoisotopic (exact) mass is 391 g/mol. The van der Waals surface area contributed by atoms with E-state index in [4.69, 9.17) is 9.05 Å². The van der Waals surface area contributed by atoms with Crippen LogP contribution in [0.4, 0.5) is 0 Å². The van der Waals surface area contributed by atoms with Crippen LogP contribution < -0.4 is 4.72 Å². The Hall–Kier alpha value is -0.560. The average molecular weight is 391 g/mol. The van der Waals surface area contributed by atoms with Gasteiger partial charge in [-0.3, -0.25) is 4.57 Å². The van der Waals surface area contributed by atoms with Gasteiger partial charge in [0, 0.05) is 0 Å². The SMILES string of the molecule is CCOP(=O)(C[C@@H](C[N+](C)(C)C)NS(=O)c1ccc(C)cc1)OCC. The first kappa shape index (κ1) is 22.5. The third-order valence-electron chi connectivity index (χ3n) is 3.37. The fourth-order valence-electron chi connectivity index (χ4n) is 2.48. The van der Waals surface area contributed by atoms with Gasteiger partial charge in [0.1, 0.15) is 11.0 Å². The van der Waals surface area contributed by atoms with Crippen molar-refractivity contribution in [3.05, 3.63) is 29.8 Å². The molecule has 0 spiro atoms. The summed E-state index contributed by atoms with van der Waals surface area (Å²) in [6.45, 7) is 6.84. The van der Waals surface area contributed by atoms with E-state index in [1.807, 2.05) is 52.3 Å². The van der Waals surface area contributed by atoms with E-state index in [9.17, 15) is 8.77 Å². The predicted octanol–water partition coefficient (Wildman–Crippen LogP) is 2.95. The smallest absolute Gasteiger partial charge is 0.330 e. The Morgan fingerprint density at radius 3 is 2.08 bits per heavy atom. The molecule has 2 atom stereocenters. The van der Waals surface area contributed by atoms with Crippen molar-refractivity contribution >= 4 is 18.6 Å². The molecule has 0 saturated heterocycles. The van der Waals surface area contributed by atoms with Gasteiger partial charge in [0.15, 0.2) is 0 Å². The molecule has 0 aromatic heterocycles. The van der Waals surface area contributed by atoms with Crippen LogP contribution in [-0.4, -0.2) is 61.8 Å². The molecule has 0 radical (unpaired) electrons. The first-order valence-corrected chi connectivity index (χ1v) is 11.4. The van der Waals surface area contributed by atoms with E-state index < -0.39 is 18.6 Å². The second-order valence-corrected chi connectivity index (χ2v) is 10.3. The number of benzene rings is 1. The summed E-state index contributed by atoms with van der Waals surface area (Å²) in [6, 6.07) is 7.26. The third-order valence-corrected chi connectivity index (χ3v) is 6.81. The van der Waals surface area contributed by atoms with Gasteiger partial charge < -0.3 is 13.5 Å². The Balaban J connectivity index is 2.93. The van der Waals surface area contributed by atoms with Gasteiger partial charge in [-0.15, -0.1) is 0 Å². The molecule has 6 nitrogen and oxygen atoms in total. The Labute approximate surface area is 154 Å². The molecule has 1 unspecified atom stereocenters. The number of nitrogens with zero attached hydrogens (tertiary/aromatic N) is 1. The third kappa shape index (κ3) is 8.58. The normalized spacial score (nSPS) is 15.1. The van der Waals surface area contributed by atoms with Gasteiger partial charge in [0.25, 0.3) is 0 Å². The lowest BCUT2D eigenvalue weighted by Gasteiger charge is -2.31. The number of quaternary nitrogens is 1. The van der Waals surface area contributed by atoms with E-state index >= 15 is 0 Å². The van der Waals surface area contributed by atoms with Crippen molar-refractivity contribution in [1.82, 2.24) is 4.72 Å². The van der Waals surface area contributed by atoms with Crippen molar-refractivity contribution in [2.75, 3.05) is 47.1 Å². The molecule has 0 saturated carbocycles. The van der Waals surface area contributed by atoms with Crippen molar-refractivity contribution in [1.29, 1.82) is 0 Å². The number of nitrogens with one attached hydrogen (secondary N) is 1. The molecule has 8 heteroatoms. The van der Waals surface area contributed by atoms with Crippen LogP contribution in [-0.2, 0) is 24.6 Å². The zero-order chi connectivity index (χ0) is 19.1. The summed E-state index contributed by atoms with van der Waals surface area (Å²) in [6.07, 6.45) is 0.182. The van der Waals surface area contributed by atoms with E-state index in [-0.39, 0.29) is 12.2 Å². The summed E-state index contributed by atoms with van der Waals surface area (Å²) in [7, 11) is 1.50. The molecular formula is C17H32N2O4PS+. The Morgan fingerprint density at radius 1 is 1.12 bits per heavy atom. The van der Waals surface area contributed by atoms with Crippen LogP contribution >= 0.6 is 7.60 Å². The van der Waals surface area contributed by atoms with Crippen LogP contribution in [0, 0.1) is 6.92 Å². The van der Waals surface area contributed by atoms with E-state index in [0.29, 0.717) is 29.1 Å². The number of aryl methyl sites for hydroxylation is 1. The van der Waals surface area contributed by atoms with Crippen molar-refractivity contribution in [2.45, 2.75) is 31.7 Å². The fourth-order valence-corrected chi connectivity index (χ4v) is 5.40. The Bertz CT molecular complexity index is 592. The molecule has 0 amide bonds. The summed E-state index contributed by atoms with van der Waals surface area (Å²) < 4.78 is 40.1. The predicted molar refractivity (Wildman–Crippen MR) is 103 cm³/mol. The molecule has 0 aliphatic rings. The van der Waals surface area contributed by atoms with Crippen LogP contribution in [0.1, 0.15) is 19.4 Å². The van der Waals surface area contributed by atoms with Crippen LogP contribution in [0.3, 0.4) is 0 Å². The minimum absolute atomic E-state index is 0.182.